The fraction of sp³-hybridized carbons (Fsp3) is 0.806. The van der Waals surface area contributed by atoms with Crippen LogP contribution >= 0.6 is 0 Å². The number of allylic oxidation sites excluding steroid dienone is 3. The van der Waals surface area contributed by atoms with E-state index >= 15 is 0 Å². The molecule has 3 saturated carbocycles. The number of aliphatic hydroxyl groups excluding tert-OH is 1. The first kappa shape index (κ1) is 27.6. The Morgan fingerprint density at radius 2 is 1.89 bits per heavy atom. The number of Topliss-reactive ketones (excluding diaryl/α,β-unsaturated/α-hetero) is 1. The lowest BCUT2D eigenvalue weighted by Crippen LogP contribution is -2.57. The van der Waals surface area contributed by atoms with Gasteiger partial charge in [0.1, 0.15) is 5.78 Å². The van der Waals surface area contributed by atoms with Gasteiger partial charge in [-0.2, -0.15) is 0 Å². The van der Waals surface area contributed by atoms with Crippen LogP contribution < -0.4 is 0 Å². The number of carbonyl (C=O) groups excluding carboxylic acids is 2. The van der Waals surface area contributed by atoms with E-state index in [0.717, 1.165) is 25.7 Å². The van der Waals surface area contributed by atoms with Gasteiger partial charge in [-0.1, -0.05) is 58.4 Å². The lowest BCUT2D eigenvalue weighted by molar-refractivity contribution is -0.153. The van der Waals surface area contributed by atoms with E-state index in [9.17, 15) is 19.8 Å². The Balaban J connectivity index is 1.72. The maximum atomic E-state index is 13.1. The van der Waals surface area contributed by atoms with Crippen molar-refractivity contribution < 1.29 is 24.5 Å². The van der Waals surface area contributed by atoms with Crippen LogP contribution in [0.3, 0.4) is 0 Å². The van der Waals surface area contributed by atoms with Crippen molar-refractivity contribution in [3.8, 4) is 0 Å². The van der Waals surface area contributed by atoms with Crippen molar-refractivity contribution >= 4 is 11.8 Å². The van der Waals surface area contributed by atoms with E-state index in [-0.39, 0.29) is 33.5 Å². The summed E-state index contributed by atoms with van der Waals surface area (Å²) < 4.78 is 5.25. The third kappa shape index (κ3) is 3.95. The van der Waals surface area contributed by atoms with Gasteiger partial charge in [0.25, 0.3) is 0 Å². The number of esters is 1. The van der Waals surface area contributed by atoms with Gasteiger partial charge < -0.3 is 14.9 Å². The molecule has 0 amide bonds. The van der Waals surface area contributed by atoms with Crippen LogP contribution in [-0.2, 0) is 14.3 Å². The van der Waals surface area contributed by atoms with Crippen LogP contribution in [0.1, 0.15) is 93.4 Å². The van der Waals surface area contributed by atoms with E-state index in [4.69, 9.17) is 4.74 Å². The monoisotopic (exact) mass is 500 g/mol. The summed E-state index contributed by atoms with van der Waals surface area (Å²) in [6, 6.07) is 0. The number of aliphatic hydroxyl groups is 2. The largest absolute Gasteiger partial charge is 0.469 e. The summed E-state index contributed by atoms with van der Waals surface area (Å²) in [6.07, 6.45) is 10.9. The number of hydrogen-bond donors (Lipinski definition) is 2. The Hall–Kier alpha value is -1.46. The normalized spacial score (nSPS) is 42.8. The molecule has 4 rings (SSSR count). The first-order valence-corrected chi connectivity index (χ1v) is 13.9. The second-order valence-corrected chi connectivity index (χ2v) is 14.2. The summed E-state index contributed by atoms with van der Waals surface area (Å²) in [4.78, 5) is 25.9. The highest BCUT2D eigenvalue weighted by atomic mass is 16.5. The van der Waals surface area contributed by atoms with E-state index in [1.807, 2.05) is 6.08 Å². The van der Waals surface area contributed by atoms with Gasteiger partial charge in [0.05, 0.1) is 24.7 Å². The molecule has 3 fully saturated rings. The molecule has 0 heterocycles. The average molecular weight is 501 g/mol. The van der Waals surface area contributed by atoms with Crippen LogP contribution in [0.2, 0.25) is 0 Å². The summed E-state index contributed by atoms with van der Waals surface area (Å²) in [7, 11) is 1.42. The van der Waals surface area contributed by atoms with Crippen LogP contribution in [0, 0.1) is 45.3 Å². The molecule has 0 saturated heterocycles. The molecular weight excluding hydrogens is 452 g/mol. The topological polar surface area (TPSA) is 83.8 Å². The molecule has 5 nitrogen and oxygen atoms in total. The first-order valence-electron chi connectivity index (χ1n) is 13.9. The van der Waals surface area contributed by atoms with Crippen LogP contribution in [-0.4, -0.2) is 40.8 Å². The Morgan fingerprint density at radius 3 is 2.50 bits per heavy atom. The van der Waals surface area contributed by atoms with Crippen molar-refractivity contribution in [2.75, 3.05) is 7.11 Å². The predicted molar refractivity (Wildman–Crippen MR) is 141 cm³/mol. The Morgan fingerprint density at radius 1 is 1.22 bits per heavy atom. The Kier molecular flexibility index (Phi) is 6.74. The minimum atomic E-state index is -0.959. The van der Waals surface area contributed by atoms with Crippen LogP contribution in [0.25, 0.3) is 0 Å². The minimum Gasteiger partial charge on any atom is -0.469 e. The van der Waals surface area contributed by atoms with Crippen molar-refractivity contribution in [1.82, 2.24) is 0 Å². The molecule has 0 aliphatic heterocycles. The third-order valence-corrected chi connectivity index (χ3v) is 11.5. The second kappa shape index (κ2) is 8.80. The van der Waals surface area contributed by atoms with Crippen LogP contribution in [0.4, 0.5) is 0 Å². The molecule has 4 aliphatic carbocycles. The van der Waals surface area contributed by atoms with Crippen molar-refractivity contribution in [1.29, 1.82) is 0 Å². The molecule has 36 heavy (non-hydrogen) atoms. The van der Waals surface area contributed by atoms with E-state index in [2.05, 4.69) is 40.7 Å². The molecule has 0 aromatic carbocycles. The average Bonchev–Trinajstić information content (AvgIpc) is 2.98. The maximum absolute atomic E-state index is 13.1. The molecule has 202 valence electrons. The van der Waals surface area contributed by atoms with E-state index in [1.54, 1.807) is 19.9 Å². The first-order chi connectivity index (χ1) is 16.5. The second-order valence-electron chi connectivity index (χ2n) is 14.2. The fourth-order valence-electron chi connectivity index (χ4n) is 9.38. The molecule has 0 spiro atoms. The standard InChI is InChI=1S/C31H48O5/c1-27(2,35)15-9-10-19(26(34)36-8)25-22(32)18-31(7)21-11-12-23-28(3,4)24(33)14-16-29(23,5)20(21)13-17-30(25,31)6/h9,11,15,19-20,22-23,25,32,35H,10,12-14,16-18H2,1-8H3/b15-9-/t19-,20+,22+,23+,25-,29-,30+,31-/m1/s1. The van der Waals surface area contributed by atoms with Crippen molar-refractivity contribution in [2.45, 2.75) is 105 Å². The van der Waals surface area contributed by atoms with Gasteiger partial charge in [0, 0.05) is 17.8 Å². The van der Waals surface area contributed by atoms with Crippen molar-refractivity contribution in [3.63, 3.8) is 0 Å². The van der Waals surface area contributed by atoms with Gasteiger partial charge in [-0.15, -0.1) is 0 Å². The Labute approximate surface area is 217 Å². The van der Waals surface area contributed by atoms with Crippen LogP contribution in [0.5, 0.6) is 0 Å². The molecule has 4 aliphatic rings. The summed E-state index contributed by atoms with van der Waals surface area (Å²) in [5.74, 6) is 0.155. The minimum absolute atomic E-state index is 0.0755. The van der Waals surface area contributed by atoms with Gasteiger partial charge in [0.15, 0.2) is 0 Å². The van der Waals surface area contributed by atoms with Gasteiger partial charge in [-0.05, 0) is 80.5 Å². The molecule has 0 bridgehead atoms. The zero-order chi connectivity index (χ0) is 26.9. The lowest BCUT2D eigenvalue weighted by Gasteiger charge is -2.63. The molecule has 2 N–H and O–H groups in total. The molecule has 0 aromatic rings. The predicted octanol–water partition coefficient (Wildman–Crippen LogP) is 5.64. The molecule has 0 radical (unpaired) electrons. The molecular formula is C31H48O5. The molecule has 5 heteroatoms. The summed E-state index contributed by atoms with van der Waals surface area (Å²) in [6.45, 7) is 14.7. The lowest BCUT2D eigenvalue weighted by atomic mass is 9.41. The number of fused-ring (bicyclic) bond motifs is 5. The van der Waals surface area contributed by atoms with Crippen molar-refractivity contribution in [3.05, 3.63) is 23.8 Å². The highest BCUT2D eigenvalue weighted by molar-refractivity contribution is 5.85. The maximum Gasteiger partial charge on any atom is 0.309 e. The zero-order valence-electron chi connectivity index (χ0n) is 23.7. The molecule has 8 atom stereocenters. The highest BCUT2D eigenvalue weighted by Gasteiger charge is 2.68. The summed E-state index contributed by atoms with van der Waals surface area (Å²) in [5, 5.41) is 21.7. The molecule has 0 aromatic heterocycles. The van der Waals surface area contributed by atoms with Crippen LogP contribution in [0.15, 0.2) is 23.8 Å². The van der Waals surface area contributed by atoms with E-state index in [0.29, 0.717) is 36.9 Å². The van der Waals surface area contributed by atoms with Gasteiger partial charge in [-0.25, -0.2) is 0 Å². The number of methoxy groups -OCH3 is 1. The number of rotatable bonds is 5. The van der Waals surface area contributed by atoms with Gasteiger partial charge in [-0.3, -0.25) is 9.59 Å². The van der Waals surface area contributed by atoms with E-state index in [1.165, 1.54) is 12.7 Å². The number of hydrogen-bond acceptors (Lipinski definition) is 5. The summed E-state index contributed by atoms with van der Waals surface area (Å²) in [5.41, 5.74) is -0.203. The molecule has 0 unspecified atom stereocenters. The third-order valence-electron chi connectivity index (χ3n) is 11.5. The van der Waals surface area contributed by atoms with Gasteiger partial charge >= 0.3 is 5.97 Å². The van der Waals surface area contributed by atoms with Crippen molar-refractivity contribution in [2.24, 2.45) is 45.3 Å². The zero-order valence-corrected chi connectivity index (χ0v) is 23.7. The quantitative estimate of drug-likeness (QED) is 0.377. The van der Waals surface area contributed by atoms with E-state index < -0.39 is 17.6 Å². The number of ketones is 1. The summed E-state index contributed by atoms with van der Waals surface area (Å²) >= 11 is 0. The smallest absolute Gasteiger partial charge is 0.309 e. The fourth-order valence-corrected chi connectivity index (χ4v) is 9.38. The van der Waals surface area contributed by atoms with Gasteiger partial charge in [0.2, 0.25) is 0 Å². The number of carbonyl (C=O) groups is 2. The SMILES string of the molecule is COC(=O)[C@H](C/C=C\C(C)(C)O)[C@@H]1[C@@H](O)C[C@]2(C)C3=CC[C@H]4C(C)(C)C(=O)CC[C@]4(C)[C@H]3CC[C@@]12C. The highest BCUT2D eigenvalue weighted by Crippen LogP contribution is 2.73. The number of ether oxygens (including phenoxy) is 1. The Bertz CT molecular complexity index is 970.